The number of Topliss-reactive ketones (excluding diaryl/α,β-unsaturated/α-hetero) is 1. The number of thiophene rings is 1. The Morgan fingerprint density at radius 2 is 2.00 bits per heavy atom. The molecule has 0 aliphatic carbocycles. The van der Waals surface area contributed by atoms with E-state index in [4.69, 9.17) is 16.3 Å². The summed E-state index contributed by atoms with van der Waals surface area (Å²) in [4.78, 5) is 29.2. The van der Waals surface area contributed by atoms with Crippen LogP contribution in [0.4, 0.5) is 10.5 Å². The van der Waals surface area contributed by atoms with Gasteiger partial charge in [0.25, 0.3) is 0 Å². The minimum atomic E-state index is -0.380. The number of rotatable bonds is 7. The van der Waals surface area contributed by atoms with Gasteiger partial charge < -0.3 is 9.64 Å². The lowest BCUT2D eigenvalue weighted by molar-refractivity contribution is 0.0943. The van der Waals surface area contributed by atoms with Gasteiger partial charge in [0.2, 0.25) is 0 Å². The van der Waals surface area contributed by atoms with Crippen LogP contribution in [0.3, 0.4) is 0 Å². The number of anilines is 1. The van der Waals surface area contributed by atoms with E-state index >= 15 is 0 Å². The number of nitrogens with zero attached hydrogens (tertiary/aromatic N) is 4. The molecule has 1 fully saturated rings. The number of ketones is 1. The molecule has 0 bridgehead atoms. The second kappa shape index (κ2) is 9.28. The number of hydrogen-bond donors (Lipinski definition) is 0. The molecule has 3 heterocycles. The highest BCUT2D eigenvalue weighted by Gasteiger charge is 2.32. The van der Waals surface area contributed by atoms with Gasteiger partial charge in [-0.2, -0.15) is 5.10 Å². The number of carbonyl (C=O) groups excluding carboxylic acids is 2. The lowest BCUT2D eigenvalue weighted by Gasteiger charge is -2.32. The number of halogens is 1. The average molecular weight is 461 g/mol. The Kier molecular flexibility index (Phi) is 6.48. The van der Waals surface area contributed by atoms with Gasteiger partial charge in [-0.25, -0.2) is 4.79 Å². The van der Waals surface area contributed by atoms with Crippen LogP contribution in [0.25, 0.3) is 0 Å². The molecule has 1 saturated heterocycles. The van der Waals surface area contributed by atoms with Crippen LogP contribution in [0, 0.1) is 0 Å². The largest absolute Gasteiger partial charge is 0.444 e. The van der Waals surface area contributed by atoms with E-state index in [1.54, 1.807) is 17.0 Å². The summed E-state index contributed by atoms with van der Waals surface area (Å²) in [5.41, 5.74) is 1.79. The van der Waals surface area contributed by atoms with Gasteiger partial charge in [0, 0.05) is 37.8 Å². The van der Waals surface area contributed by atoms with Crippen molar-refractivity contribution in [1.82, 2.24) is 9.91 Å². The maximum absolute atomic E-state index is 12.4. The average Bonchev–Trinajstić information content (AvgIpc) is 3.37. The summed E-state index contributed by atoms with van der Waals surface area (Å²) in [6.45, 7) is 5.28. The molecule has 31 heavy (non-hydrogen) atoms. The lowest BCUT2D eigenvalue weighted by atomic mass is 10.1. The van der Waals surface area contributed by atoms with Crippen LogP contribution in [0.1, 0.15) is 35.0 Å². The molecule has 0 radical (unpaired) electrons. The van der Waals surface area contributed by atoms with Gasteiger partial charge in [-0.3, -0.25) is 14.7 Å². The molecule has 0 N–H and O–H groups in total. The number of amidine groups is 1. The smallest absolute Gasteiger partial charge is 0.414 e. The summed E-state index contributed by atoms with van der Waals surface area (Å²) in [5.74, 6) is 0.964. The molecule has 1 atom stereocenters. The normalized spacial score (nSPS) is 18.9. The van der Waals surface area contributed by atoms with Crippen LogP contribution in [0.5, 0.6) is 0 Å². The summed E-state index contributed by atoms with van der Waals surface area (Å²) in [5, 5.41) is 6.61. The van der Waals surface area contributed by atoms with Crippen LogP contribution in [0.2, 0.25) is 4.34 Å². The second-order valence-electron chi connectivity index (χ2n) is 7.61. The molecule has 2 aromatic rings. The molecule has 4 rings (SSSR count). The van der Waals surface area contributed by atoms with Crippen molar-refractivity contribution in [2.45, 2.75) is 25.9 Å². The highest BCUT2D eigenvalue weighted by molar-refractivity contribution is 7.18. The van der Waals surface area contributed by atoms with E-state index in [1.165, 1.54) is 11.3 Å². The van der Waals surface area contributed by atoms with Crippen molar-refractivity contribution in [2.75, 3.05) is 38.1 Å². The third kappa shape index (κ3) is 4.85. The summed E-state index contributed by atoms with van der Waals surface area (Å²) in [6.07, 6.45) is 0.123. The number of amides is 1. The zero-order valence-electron chi connectivity index (χ0n) is 17.6. The van der Waals surface area contributed by atoms with E-state index in [1.807, 2.05) is 36.3 Å². The fourth-order valence-corrected chi connectivity index (χ4v) is 4.76. The number of benzene rings is 1. The first-order valence-corrected chi connectivity index (χ1v) is 11.6. The standard InChI is InChI=1S/C22H25ClN4O3S/c1-3-26-13-12-25(2)24-21(26)15-4-6-16(7-5-15)27-14-17(30-22(27)29)8-9-18(28)19-10-11-20(23)31-19/h4-7,10-11,17H,3,8-9,12-14H2,1-2H3/t17-/m0/s1. The van der Waals surface area contributed by atoms with Gasteiger partial charge in [-0.05, 0) is 49.7 Å². The lowest BCUT2D eigenvalue weighted by Crippen LogP contribution is -2.42. The molecule has 2 aliphatic rings. The minimum absolute atomic E-state index is 0.0226. The van der Waals surface area contributed by atoms with Crippen molar-refractivity contribution in [3.8, 4) is 0 Å². The first-order valence-electron chi connectivity index (χ1n) is 10.4. The third-order valence-electron chi connectivity index (χ3n) is 5.49. The molecule has 0 spiro atoms. The molecular weight excluding hydrogens is 436 g/mol. The number of cyclic esters (lactones) is 1. The van der Waals surface area contributed by atoms with E-state index in [2.05, 4.69) is 16.9 Å². The van der Waals surface area contributed by atoms with Gasteiger partial charge in [0.15, 0.2) is 11.6 Å². The highest BCUT2D eigenvalue weighted by atomic mass is 35.5. The van der Waals surface area contributed by atoms with Crippen LogP contribution in [-0.2, 0) is 4.74 Å². The number of hydrazone groups is 1. The monoisotopic (exact) mass is 460 g/mol. The third-order valence-corrected chi connectivity index (χ3v) is 6.77. The summed E-state index contributed by atoms with van der Waals surface area (Å²) in [6, 6.07) is 11.3. The molecule has 0 saturated carbocycles. The van der Waals surface area contributed by atoms with Gasteiger partial charge in [-0.1, -0.05) is 11.6 Å². The summed E-state index contributed by atoms with van der Waals surface area (Å²) < 4.78 is 6.08. The summed E-state index contributed by atoms with van der Waals surface area (Å²) in [7, 11) is 1.97. The Bertz CT molecular complexity index is 991. The van der Waals surface area contributed by atoms with E-state index < -0.39 is 0 Å². The van der Waals surface area contributed by atoms with E-state index in [0.29, 0.717) is 28.6 Å². The first kappa shape index (κ1) is 21.6. The molecule has 1 amide bonds. The van der Waals surface area contributed by atoms with Crippen molar-refractivity contribution < 1.29 is 14.3 Å². The summed E-state index contributed by atoms with van der Waals surface area (Å²) >= 11 is 7.17. The van der Waals surface area contributed by atoms with Crippen molar-refractivity contribution in [2.24, 2.45) is 5.10 Å². The molecule has 9 heteroatoms. The highest BCUT2D eigenvalue weighted by Crippen LogP contribution is 2.27. The minimum Gasteiger partial charge on any atom is -0.444 e. The zero-order chi connectivity index (χ0) is 22.0. The predicted molar refractivity (Wildman–Crippen MR) is 123 cm³/mol. The van der Waals surface area contributed by atoms with Crippen LogP contribution >= 0.6 is 22.9 Å². The topological polar surface area (TPSA) is 65.4 Å². The van der Waals surface area contributed by atoms with Crippen molar-refractivity contribution in [3.05, 3.63) is 51.2 Å². The predicted octanol–water partition coefficient (Wildman–Crippen LogP) is 4.32. The van der Waals surface area contributed by atoms with Crippen molar-refractivity contribution in [3.63, 3.8) is 0 Å². The van der Waals surface area contributed by atoms with Crippen LogP contribution < -0.4 is 4.90 Å². The maximum Gasteiger partial charge on any atom is 0.414 e. The number of likely N-dealkylation sites (N-methyl/N-ethyl adjacent to an activating group) is 2. The van der Waals surface area contributed by atoms with Gasteiger partial charge in [0.05, 0.1) is 22.3 Å². The van der Waals surface area contributed by atoms with Gasteiger partial charge in [-0.15, -0.1) is 11.3 Å². The molecule has 2 aliphatic heterocycles. The fraction of sp³-hybridized carbons (Fsp3) is 0.409. The van der Waals surface area contributed by atoms with Crippen LogP contribution in [-0.4, -0.2) is 67.0 Å². The molecule has 1 aromatic carbocycles. The van der Waals surface area contributed by atoms with Crippen LogP contribution in [0.15, 0.2) is 41.5 Å². The quantitative estimate of drug-likeness (QED) is 0.576. The van der Waals surface area contributed by atoms with E-state index in [9.17, 15) is 9.59 Å². The van der Waals surface area contributed by atoms with Gasteiger partial charge in [0.1, 0.15) is 6.10 Å². The number of ether oxygens (including phenoxy) is 1. The van der Waals surface area contributed by atoms with Crippen molar-refractivity contribution in [1.29, 1.82) is 0 Å². The van der Waals surface area contributed by atoms with Gasteiger partial charge >= 0.3 is 6.09 Å². The first-order chi connectivity index (χ1) is 14.9. The molecule has 0 unspecified atom stereocenters. The maximum atomic E-state index is 12.4. The second-order valence-corrected chi connectivity index (χ2v) is 9.33. The molecule has 164 valence electrons. The van der Waals surface area contributed by atoms with E-state index in [0.717, 1.165) is 36.7 Å². The number of hydrogen-bond acceptors (Lipinski definition) is 7. The Hall–Kier alpha value is -2.58. The Balaban J connectivity index is 1.38. The zero-order valence-corrected chi connectivity index (χ0v) is 19.2. The Morgan fingerprint density at radius 3 is 2.68 bits per heavy atom. The number of carbonyl (C=O) groups is 2. The fourth-order valence-electron chi connectivity index (χ4n) is 3.75. The SMILES string of the molecule is CCN1CCN(C)N=C1c1ccc(N2C[C@H](CCC(=O)c3ccc(Cl)s3)OC2=O)cc1. The van der Waals surface area contributed by atoms with Crippen molar-refractivity contribution >= 4 is 46.3 Å². The molecular formula is C22H25ClN4O3S. The molecule has 1 aromatic heterocycles. The Labute approximate surface area is 190 Å². The van der Waals surface area contributed by atoms with E-state index in [-0.39, 0.29) is 18.0 Å². The molecule has 7 nitrogen and oxygen atoms in total. The Morgan fingerprint density at radius 1 is 1.23 bits per heavy atom.